The van der Waals surface area contributed by atoms with E-state index in [0.29, 0.717) is 18.7 Å². The third-order valence-electron chi connectivity index (χ3n) is 4.55. The predicted octanol–water partition coefficient (Wildman–Crippen LogP) is 2.60. The minimum atomic E-state index is -0.340. The van der Waals surface area contributed by atoms with Crippen LogP contribution in [0.15, 0.2) is 41.3 Å². The molecule has 3 rings (SSSR count). The quantitative estimate of drug-likeness (QED) is 0.917. The first-order valence-electron chi connectivity index (χ1n) is 8.44. The van der Waals surface area contributed by atoms with Gasteiger partial charge in [-0.3, -0.25) is 9.69 Å². The predicted molar refractivity (Wildman–Crippen MR) is 93.6 cm³/mol. The summed E-state index contributed by atoms with van der Waals surface area (Å²) < 4.78 is 6.74. The van der Waals surface area contributed by atoms with Crippen LogP contribution in [0.25, 0.3) is 0 Å². The van der Waals surface area contributed by atoms with Crippen molar-refractivity contribution in [3.63, 3.8) is 0 Å². The lowest BCUT2D eigenvalue weighted by atomic mass is 10.1. The third-order valence-corrected chi connectivity index (χ3v) is 4.55. The van der Waals surface area contributed by atoms with Crippen molar-refractivity contribution in [3.05, 3.63) is 58.0 Å². The van der Waals surface area contributed by atoms with Crippen molar-refractivity contribution in [3.8, 4) is 11.5 Å². The molecular formula is C19H24N2O3. The Morgan fingerprint density at radius 1 is 1.12 bits per heavy atom. The van der Waals surface area contributed by atoms with Gasteiger partial charge in [0.05, 0.1) is 13.7 Å². The molecule has 0 radical (unpaired) electrons. The van der Waals surface area contributed by atoms with E-state index >= 15 is 0 Å². The molecule has 128 valence electrons. The highest BCUT2D eigenvalue weighted by molar-refractivity contribution is 5.31. The molecule has 0 aliphatic carbocycles. The maximum atomic E-state index is 12.5. The molecule has 0 unspecified atom stereocenters. The zero-order valence-corrected chi connectivity index (χ0v) is 14.1. The summed E-state index contributed by atoms with van der Waals surface area (Å²) >= 11 is 0. The Balaban J connectivity index is 1.77. The molecule has 24 heavy (non-hydrogen) atoms. The van der Waals surface area contributed by atoms with Crippen molar-refractivity contribution in [2.75, 3.05) is 20.2 Å². The van der Waals surface area contributed by atoms with Gasteiger partial charge in [-0.15, -0.1) is 0 Å². The largest absolute Gasteiger partial charge is 0.503 e. The summed E-state index contributed by atoms with van der Waals surface area (Å²) in [6.07, 6.45) is 5.41. The number of aromatic hydroxyl groups is 1. The number of hydrogen-bond donors (Lipinski definition) is 1. The van der Waals surface area contributed by atoms with Gasteiger partial charge in [-0.25, -0.2) is 0 Å². The van der Waals surface area contributed by atoms with Crippen molar-refractivity contribution >= 4 is 0 Å². The second-order valence-electron chi connectivity index (χ2n) is 6.31. The highest BCUT2D eigenvalue weighted by atomic mass is 16.5. The molecule has 0 spiro atoms. The lowest BCUT2D eigenvalue weighted by Gasteiger charge is -2.26. The Morgan fingerprint density at radius 3 is 2.67 bits per heavy atom. The molecule has 2 aromatic rings. The third kappa shape index (κ3) is 3.79. The molecule has 5 nitrogen and oxygen atoms in total. The Hall–Kier alpha value is -2.27. The number of aromatic nitrogens is 1. The SMILES string of the molecule is COc1cccc(Cn2ccc(CN3CCCCC3)c(O)c2=O)c1. The number of hydrogen-bond acceptors (Lipinski definition) is 4. The van der Waals surface area contributed by atoms with Gasteiger partial charge in [0, 0.05) is 18.3 Å². The van der Waals surface area contributed by atoms with E-state index < -0.39 is 0 Å². The fourth-order valence-corrected chi connectivity index (χ4v) is 3.18. The molecule has 2 heterocycles. The van der Waals surface area contributed by atoms with Crippen LogP contribution in [-0.4, -0.2) is 34.8 Å². The fourth-order valence-electron chi connectivity index (χ4n) is 3.18. The van der Waals surface area contributed by atoms with Crippen molar-refractivity contribution in [1.82, 2.24) is 9.47 Å². The van der Waals surface area contributed by atoms with Crippen molar-refractivity contribution < 1.29 is 9.84 Å². The summed E-state index contributed by atoms with van der Waals surface area (Å²) in [6.45, 7) is 3.12. The molecule has 1 aliphatic heterocycles. The number of rotatable bonds is 5. The average molecular weight is 328 g/mol. The van der Waals surface area contributed by atoms with Crippen LogP contribution in [0, 0.1) is 0 Å². The first-order valence-corrected chi connectivity index (χ1v) is 8.44. The van der Waals surface area contributed by atoms with E-state index in [1.807, 2.05) is 30.3 Å². The van der Waals surface area contributed by atoms with Gasteiger partial charge in [-0.2, -0.15) is 0 Å². The number of pyridine rings is 1. The van der Waals surface area contributed by atoms with Crippen LogP contribution in [0.2, 0.25) is 0 Å². The maximum Gasteiger partial charge on any atom is 0.293 e. The van der Waals surface area contributed by atoms with Crippen LogP contribution in [0.5, 0.6) is 11.5 Å². The fraction of sp³-hybridized carbons (Fsp3) is 0.421. The first-order chi connectivity index (χ1) is 11.7. The van der Waals surface area contributed by atoms with Crippen LogP contribution in [0.4, 0.5) is 0 Å². The summed E-state index contributed by atoms with van der Waals surface area (Å²) in [5.41, 5.74) is 1.33. The molecule has 0 atom stereocenters. The van der Waals surface area contributed by atoms with E-state index in [0.717, 1.165) is 24.4 Å². The second-order valence-corrected chi connectivity index (χ2v) is 6.31. The van der Waals surface area contributed by atoms with E-state index in [9.17, 15) is 9.90 Å². The summed E-state index contributed by atoms with van der Waals surface area (Å²) in [5.74, 6) is 0.623. The topological polar surface area (TPSA) is 54.7 Å². The smallest absolute Gasteiger partial charge is 0.293 e. The van der Waals surface area contributed by atoms with Crippen LogP contribution in [0.3, 0.4) is 0 Å². The van der Waals surface area contributed by atoms with Gasteiger partial charge < -0.3 is 14.4 Å². The van der Waals surface area contributed by atoms with Crippen LogP contribution in [0.1, 0.15) is 30.4 Å². The van der Waals surface area contributed by atoms with E-state index in [1.54, 1.807) is 13.3 Å². The highest BCUT2D eigenvalue weighted by Gasteiger charge is 2.15. The zero-order chi connectivity index (χ0) is 16.9. The van der Waals surface area contributed by atoms with E-state index in [2.05, 4.69) is 4.90 Å². The molecule has 0 saturated carbocycles. The van der Waals surface area contributed by atoms with Crippen LogP contribution in [-0.2, 0) is 13.1 Å². The van der Waals surface area contributed by atoms with E-state index in [-0.39, 0.29) is 11.3 Å². The molecule has 1 aromatic heterocycles. The molecule has 1 N–H and O–H groups in total. The maximum absolute atomic E-state index is 12.5. The lowest BCUT2D eigenvalue weighted by Crippen LogP contribution is -2.30. The van der Waals surface area contributed by atoms with Gasteiger partial charge in [0.1, 0.15) is 5.75 Å². The van der Waals surface area contributed by atoms with Gasteiger partial charge in [0.2, 0.25) is 0 Å². The van der Waals surface area contributed by atoms with E-state index in [4.69, 9.17) is 4.74 Å². The number of nitrogens with zero attached hydrogens (tertiary/aromatic N) is 2. The van der Waals surface area contributed by atoms with Crippen molar-refractivity contribution in [2.24, 2.45) is 0 Å². The summed E-state index contributed by atoms with van der Waals surface area (Å²) in [7, 11) is 1.62. The van der Waals surface area contributed by atoms with Crippen molar-refractivity contribution in [2.45, 2.75) is 32.4 Å². The summed E-state index contributed by atoms with van der Waals surface area (Å²) in [4.78, 5) is 14.7. The molecule has 0 bridgehead atoms. The average Bonchev–Trinajstić information content (AvgIpc) is 2.62. The van der Waals surface area contributed by atoms with E-state index in [1.165, 1.54) is 23.8 Å². The number of piperidine rings is 1. The minimum absolute atomic E-state index is 0.133. The number of benzene rings is 1. The second kappa shape index (κ2) is 7.53. The van der Waals surface area contributed by atoms with Gasteiger partial charge in [-0.1, -0.05) is 18.6 Å². The Bertz CT molecular complexity index is 749. The van der Waals surface area contributed by atoms with Crippen LogP contribution < -0.4 is 10.3 Å². The summed E-state index contributed by atoms with van der Waals surface area (Å²) in [6, 6.07) is 9.44. The highest BCUT2D eigenvalue weighted by Crippen LogP contribution is 2.18. The molecular weight excluding hydrogens is 304 g/mol. The molecule has 1 saturated heterocycles. The zero-order valence-electron chi connectivity index (χ0n) is 14.1. The Morgan fingerprint density at radius 2 is 1.92 bits per heavy atom. The van der Waals surface area contributed by atoms with Gasteiger partial charge >= 0.3 is 0 Å². The molecule has 1 fully saturated rings. The van der Waals surface area contributed by atoms with Gasteiger partial charge in [0.15, 0.2) is 5.75 Å². The van der Waals surface area contributed by atoms with Crippen molar-refractivity contribution in [1.29, 1.82) is 0 Å². The minimum Gasteiger partial charge on any atom is -0.503 e. The number of likely N-dealkylation sites (tertiary alicyclic amines) is 1. The molecule has 5 heteroatoms. The lowest BCUT2D eigenvalue weighted by molar-refractivity contribution is 0.218. The van der Waals surface area contributed by atoms with Gasteiger partial charge in [0.25, 0.3) is 5.56 Å². The first kappa shape index (κ1) is 16.6. The Labute approximate surface area is 142 Å². The van der Waals surface area contributed by atoms with Crippen LogP contribution >= 0.6 is 0 Å². The molecule has 1 aromatic carbocycles. The number of ether oxygens (including phenoxy) is 1. The molecule has 0 amide bonds. The summed E-state index contributed by atoms with van der Waals surface area (Å²) in [5, 5.41) is 10.3. The number of methoxy groups -OCH3 is 1. The normalized spacial score (nSPS) is 15.4. The Kier molecular flexibility index (Phi) is 5.20. The standard InChI is InChI=1S/C19H24N2O3/c1-24-17-7-5-6-15(12-17)13-21-11-8-16(18(22)19(21)23)14-20-9-3-2-4-10-20/h5-8,11-12,22H,2-4,9-10,13-14H2,1H3. The molecule has 1 aliphatic rings. The monoisotopic (exact) mass is 328 g/mol. The van der Waals surface area contributed by atoms with Gasteiger partial charge in [-0.05, 0) is 49.7 Å².